The van der Waals surface area contributed by atoms with Crippen LogP contribution in [0.2, 0.25) is 0 Å². The molecule has 33 heavy (non-hydrogen) atoms. The summed E-state index contributed by atoms with van der Waals surface area (Å²) in [6.07, 6.45) is 1.35. The van der Waals surface area contributed by atoms with E-state index in [1.807, 2.05) is 11.0 Å². The third-order valence-corrected chi connectivity index (χ3v) is 8.90. The maximum absolute atomic E-state index is 13.0. The highest BCUT2D eigenvalue weighted by Crippen LogP contribution is 2.30. The highest BCUT2D eigenvalue weighted by Gasteiger charge is 2.34. The number of fused-ring (bicyclic) bond motifs is 1. The minimum absolute atomic E-state index is 0.0749. The summed E-state index contributed by atoms with van der Waals surface area (Å²) in [5.74, 6) is 0.504. The molecule has 0 spiro atoms. The van der Waals surface area contributed by atoms with Crippen LogP contribution < -0.4 is 5.32 Å². The molecule has 4 heterocycles. The van der Waals surface area contributed by atoms with Gasteiger partial charge in [-0.1, -0.05) is 18.2 Å². The van der Waals surface area contributed by atoms with Gasteiger partial charge in [0.15, 0.2) is 5.84 Å². The van der Waals surface area contributed by atoms with Crippen molar-refractivity contribution in [3.05, 3.63) is 52.2 Å². The molecule has 10 heteroatoms. The van der Waals surface area contributed by atoms with Gasteiger partial charge in [-0.2, -0.15) is 8.42 Å². The number of nitrogens with one attached hydrogen (secondary N) is 1. The smallest absolute Gasteiger partial charge is 0.285 e. The lowest BCUT2D eigenvalue weighted by atomic mass is 9.95. The van der Waals surface area contributed by atoms with Crippen LogP contribution in [0.5, 0.6) is 0 Å². The lowest BCUT2D eigenvalue weighted by Gasteiger charge is -2.35. The SMILES string of the molecule is O=C(NC[C@@H](c1cccs1)N1CCOCC1)C1CCN(C2=NS(=O)(=O)c3ccccc32)CC1. The second-order valence-electron chi connectivity index (χ2n) is 8.57. The van der Waals surface area contributed by atoms with Gasteiger partial charge in [0.05, 0.1) is 19.3 Å². The van der Waals surface area contributed by atoms with E-state index < -0.39 is 10.0 Å². The fourth-order valence-electron chi connectivity index (χ4n) is 4.79. The molecule has 1 amide bonds. The second-order valence-corrected chi connectivity index (χ2v) is 11.1. The normalized spacial score (nSPS) is 21.9. The third-order valence-electron chi connectivity index (χ3n) is 6.61. The quantitative estimate of drug-likeness (QED) is 0.693. The number of nitrogens with zero attached hydrogens (tertiary/aromatic N) is 3. The molecule has 0 unspecified atom stereocenters. The van der Waals surface area contributed by atoms with E-state index in [0.29, 0.717) is 43.9 Å². The van der Waals surface area contributed by atoms with Gasteiger partial charge < -0.3 is 15.0 Å². The van der Waals surface area contributed by atoms with Gasteiger partial charge in [-0.05, 0) is 36.4 Å². The minimum Gasteiger partial charge on any atom is -0.379 e. The van der Waals surface area contributed by atoms with Gasteiger partial charge in [-0.3, -0.25) is 9.69 Å². The standard InChI is InChI=1S/C23H28N4O4S2/c28-23(24-16-19(20-5-3-15-32-20)26-11-13-31-14-12-26)17-7-9-27(10-8-17)22-18-4-1-2-6-21(18)33(29,30)25-22/h1-6,15,17,19H,7-14,16H2,(H,24,28)/t19-/m0/s1. The number of piperidine rings is 1. The van der Waals surface area contributed by atoms with E-state index in [1.165, 1.54) is 4.88 Å². The Hall–Kier alpha value is -2.27. The molecule has 1 aromatic carbocycles. The van der Waals surface area contributed by atoms with Crippen molar-refractivity contribution >= 4 is 33.1 Å². The summed E-state index contributed by atoms with van der Waals surface area (Å²) in [5.41, 5.74) is 0.657. The summed E-state index contributed by atoms with van der Waals surface area (Å²) < 4.78 is 34.3. The summed E-state index contributed by atoms with van der Waals surface area (Å²) in [5, 5.41) is 5.27. The number of amides is 1. The van der Waals surface area contributed by atoms with E-state index in [9.17, 15) is 13.2 Å². The number of carbonyl (C=O) groups is 1. The number of ether oxygens (including phenoxy) is 1. The first-order valence-electron chi connectivity index (χ1n) is 11.3. The molecule has 3 aliphatic rings. The number of rotatable bonds is 5. The largest absolute Gasteiger partial charge is 0.379 e. The Bertz CT molecular complexity index is 1120. The zero-order chi connectivity index (χ0) is 22.8. The Morgan fingerprint density at radius 2 is 1.88 bits per heavy atom. The average molecular weight is 489 g/mol. The first kappa shape index (κ1) is 22.5. The molecule has 0 bridgehead atoms. The molecule has 0 radical (unpaired) electrons. The third kappa shape index (κ3) is 4.70. The number of thiophene rings is 1. The topological polar surface area (TPSA) is 91.3 Å². The number of morpholine rings is 1. The molecule has 1 N–H and O–H groups in total. The first-order chi connectivity index (χ1) is 16.0. The van der Waals surface area contributed by atoms with Gasteiger partial charge in [0, 0.05) is 49.1 Å². The molecule has 2 aromatic rings. The predicted octanol–water partition coefficient (Wildman–Crippen LogP) is 2.10. The fourth-order valence-corrected chi connectivity index (χ4v) is 6.88. The summed E-state index contributed by atoms with van der Waals surface area (Å²) in [7, 11) is -3.63. The van der Waals surface area contributed by atoms with Crippen LogP contribution in [0.25, 0.3) is 0 Å². The van der Waals surface area contributed by atoms with Crippen LogP contribution in [0, 0.1) is 5.92 Å². The van der Waals surface area contributed by atoms with Crippen molar-refractivity contribution in [1.29, 1.82) is 0 Å². The number of likely N-dealkylation sites (tertiary alicyclic amines) is 1. The molecule has 1 atom stereocenters. The Labute approximate surface area is 198 Å². The van der Waals surface area contributed by atoms with Crippen LogP contribution in [-0.4, -0.2) is 75.9 Å². The predicted molar refractivity (Wildman–Crippen MR) is 127 cm³/mol. The van der Waals surface area contributed by atoms with E-state index in [0.717, 1.165) is 26.3 Å². The zero-order valence-corrected chi connectivity index (χ0v) is 20.0. The van der Waals surface area contributed by atoms with Gasteiger partial charge in [0.25, 0.3) is 10.0 Å². The number of carbonyl (C=O) groups excluding carboxylic acids is 1. The number of hydrogen-bond donors (Lipinski definition) is 1. The molecular formula is C23H28N4O4S2. The van der Waals surface area contributed by atoms with Crippen molar-refractivity contribution < 1.29 is 17.9 Å². The number of sulfonamides is 1. The van der Waals surface area contributed by atoms with Crippen LogP contribution in [0.15, 0.2) is 51.1 Å². The van der Waals surface area contributed by atoms with Crippen molar-refractivity contribution in [2.24, 2.45) is 10.3 Å². The lowest BCUT2D eigenvalue weighted by Crippen LogP contribution is -2.46. The van der Waals surface area contributed by atoms with E-state index >= 15 is 0 Å². The zero-order valence-electron chi connectivity index (χ0n) is 18.4. The maximum Gasteiger partial charge on any atom is 0.285 e. The Morgan fingerprint density at radius 1 is 1.12 bits per heavy atom. The van der Waals surface area contributed by atoms with Crippen molar-refractivity contribution in [1.82, 2.24) is 15.1 Å². The molecule has 176 valence electrons. The molecular weight excluding hydrogens is 460 g/mol. The lowest BCUT2D eigenvalue weighted by molar-refractivity contribution is -0.126. The highest BCUT2D eigenvalue weighted by molar-refractivity contribution is 7.90. The number of benzene rings is 1. The fraction of sp³-hybridized carbons (Fsp3) is 0.478. The number of amidine groups is 1. The van der Waals surface area contributed by atoms with Crippen LogP contribution in [0.1, 0.15) is 29.3 Å². The van der Waals surface area contributed by atoms with Crippen molar-refractivity contribution in [2.45, 2.75) is 23.8 Å². The first-order valence-corrected chi connectivity index (χ1v) is 13.7. The van der Waals surface area contributed by atoms with Crippen LogP contribution in [0.3, 0.4) is 0 Å². The van der Waals surface area contributed by atoms with Gasteiger partial charge in [0.1, 0.15) is 4.90 Å². The van der Waals surface area contributed by atoms with E-state index in [2.05, 4.69) is 32.1 Å². The van der Waals surface area contributed by atoms with Gasteiger partial charge >= 0.3 is 0 Å². The van der Waals surface area contributed by atoms with Crippen molar-refractivity contribution in [3.63, 3.8) is 0 Å². The Morgan fingerprint density at radius 3 is 2.61 bits per heavy atom. The van der Waals surface area contributed by atoms with Gasteiger partial charge in [-0.15, -0.1) is 15.7 Å². The van der Waals surface area contributed by atoms with Crippen LogP contribution >= 0.6 is 11.3 Å². The Balaban J connectivity index is 1.19. The molecule has 3 aliphatic heterocycles. The van der Waals surface area contributed by atoms with Crippen molar-refractivity contribution in [2.75, 3.05) is 45.9 Å². The Kier molecular flexibility index (Phi) is 6.51. The summed E-state index contributed by atoms with van der Waals surface area (Å²) in [6, 6.07) is 11.3. The molecule has 1 aromatic heterocycles. The van der Waals surface area contributed by atoms with Crippen LogP contribution in [-0.2, 0) is 19.6 Å². The van der Waals surface area contributed by atoms with Crippen LogP contribution in [0.4, 0.5) is 0 Å². The van der Waals surface area contributed by atoms with E-state index in [4.69, 9.17) is 4.74 Å². The monoisotopic (exact) mass is 488 g/mol. The molecule has 0 saturated carbocycles. The second kappa shape index (κ2) is 9.54. The molecule has 5 rings (SSSR count). The summed E-state index contributed by atoms with van der Waals surface area (Å²) in [4.78, 5) is 18.9. The van der Waals surface area contributed by atoms with Gasteiger partial charge in [0.2, 0.25) is 5.91 Å². The minimum atomic E-state index is -3.63. The molecule has 0 aliphatic carbocycles. The van der Waals surface area contributed by atoms with Crippen molar-refractivity contribution in [3.8, 4) is 0 Å². The van der Waals surface area contributed by atoms with E-state index in [1.54, 1.807) is 29.5 Å². The molecule has 2 fully saturated rings. The summed E-state index contributed by atoms with van der Waals surface area (Å²) in [6.45, 7) is 4.97. The van der Waals surface area contributed by atoms with E-state index in [-0.39, 0.29) is 22.8 Å². The molecule has 8 nitrogen and oxygen atoms in total. The number of hydrogen-bond acceptors (Lipinski definition) is 7. The van der Waals surface area contributed by atoms with Gasteiger partial charge in [-0.25, -0.2) is 0 Å². The maximum atomic E-state index is 13.0. The highest BCUT2D eigenvalue weighted by atomic mass is 32.2. The summed E-state index contributed by atoms with van der Waals surface area (Å²) >= 11 is 1.72. The average Bonchev–Trinajstić information content (AvgIpc) is 3.47. The molecule has 2 saturated heterocycles.